The van der Waals surface area contributed by atoms with Gasteiger partial charge in [-0.05, 0) is 61.8 Å². The fraction of sp³-hybridized carbons (Fsp3) is 0.381. The number of alkyl halides is 3. The Morgan fingerprint density at radius 2 is 1.91 bits per heavy atom. The van der Waals surface area contributed by atoms with E-state index >= 15 is 0 Å². The minimum absolute atomic E-state index is 0.0302. The number of hydrogen-bond acceptors (Lipinski definition) is 7. The number of halogens is 3. The molecule has 33 heavy (non-hydrogen) atoms. The smallest absolute Gasteiger partial charge is 0.506 e. The molecule has 0 atom stereocenters. The molecule has 2 heterocycles. The van der Waals surface area contributed by atoms with Crippen molar-refractivity contribution in [3.8, 4) is 21.9 Å². The Balaban J connectivity index is 1.62. The molecule has 0 saturated carbocycles. The summed E-state index contributed by atoms with van der Waals surface area (Å²) in [4.78, 5) is 14.0. The third-order valence-electron chi connectivity index (χ3n) is 5.14. The van der Waals surface area contributed by atoms with Crippen molar-refractivity contribution in [2.24, 2.45) is 11.0 Å². The number of benzene rings is 1. The molecule has 0 bridgehead atoms. The van der Waals surface area contributed by atoms with Crippen molar-refractivity contribution in [2.75, 3.05) is 20.2 Å². The van der Waals surface area contributed by atoms with Gasteiger partial charge in [0.05, 0.1) is 29.2 Å². The first-order valence-corrected chi connectivity index (χ1v) is 11.2. The predicted molar refractivity (Wildman–Crippen MR) is 122 cm³/mol. The van der Waals surface area contributed by atoms with E-state index in [1.807, 2.05) is 4.90 Å². The molecule has 2 aromatic rings. The van der Waals surface area contributed by atoms with Gasteiger partial charge in [0, 0.05) is 18.5 Å². The number of likely N-dealkylation sites (tertiary alicyclic amines) is 1. The monoisotopic (exact) mass is 501 g/mol. The molecule has 0 amide bonds. The third-order valence-corrected chi connectivity index (χ3v) is 6.51. The summed E-state index contributed by atoms with van der Waals surface area (Å²) < 4.78 is 45.6. The molecule has 0 radical (unpaired) electrons. The van der Waals surface area contributed by atoms with Crippen molar-refractivity contribution in [3.05, 3.63) is 35.2 Å². The second-order valence-electron chi connectivity index (χ2n) is 7.30. The minimum atomic E-state index is -4.77. The van der Waals surface area contributed by atoms with Crippen LogP contribution in [0.1, 0.15) is 25.3 Å². The lowest BCUT2D eigenvalue weighted by molar-refractivity contribution is -0.274. The molecule has 1 aliphatic rings. The van der Waals surface area contributed by atoms with Crippen LogP contribution in [0, 0.1) is 5.92 Å². The molecular weight excluding hydrogens is 479 g/mol. The second-order valence-corrected chi connectivity index (χ2v) is 8.56. The minimum Gasteiger partial charge on any atom is -0.506 e. The lowest BCUT2D eigenvalue weighted by Crippen LogP contribution is -2.44. The van der Waals surface area contributed by atoms with E-state index in [1.54, 1.807) is 12.3 Å². The molecule has 1 saturated heterocycles. The van der Waals surface area contributed by atoms with Crippen LogP contribution in [0.3, 0.4) is 0 Å². The summed E-state index contributed by atoms with van der Waals surface area (Å²) in [6.45, 7) is 2.90. The molecule has 1 aliphatic heterocycles. The maximum Gasteiger partial charge on any atom is 0.573 e. The standard InChI is InChI=1S/C21H22F3N3O4S2/c1-12(25-26-20(32)27-9-7-14(8-10-27)19(29)30-2)16-11-33-18(17(16)28)13-3-5-15(6-4-13)31-21(22,23)24/h3-6,11,14,28H,7-10H2,1-2H3,(H,26,32). The molecule has 2 N–H and O–H groups in total. The van der Waals surface area contributed by atoms with Gasteiger partial charge in [0.2, 0.25) is 0 Å². The number of esters is 1. The lowest BCUT2D eigenvalue weighted by atomic mass is 9.97. The Labute approximate surface area is 197 Å². The van der Waals surface area contributed by atoms with Gasteiger partial charge >= 0.3 is 12.3 Å². The number of nitrogens with one attached hydrogen (secondary N) is 1. The molecular formula is C21H22F3N3O4S2. The van der Waals surface area contributed by atoms with Gasteiger partial charge < -0.3 is 19.5 Å². The van der Waals surface area contributed by atoms with Gasteiger partial charge in [0.15, 0.2) is 5.11 Å². The number of hydrogen-bond donors (Lipinski definition) is 2. The van der Waals surface area contributed by atoms with E-state index in [9.17, 15) is 23.1 Å². The molecule has 1 aromatic carbocycles. The summed E-state index contributed by atoms with van der Waals surface area (Å²) in [5.41, 5.74) is 4.32. The highest BCUT2D eigenvalue weighted by Crippen LogP contribution is 2.39. The Morgan fingerprint density at radius 1 is 1.27 bits per heavy atom. The van der Waals surface area contributed by atoms with E-state index in [-0.39, 0.29) is 23.4 Å². The van der Waals surface area contributed by atoms with Crippen molar-refractivity contribution in [3.63, 3.8) is 0 Å². The van der Waals surface area contributed by atoms with Gasteiger partial charge in [-0.2, -0.15) is 5.10 Å². The molecule has 0 spiro atoms. The van der Waals surface area contributed by atoms with Crippen LogP contribution in [0.2, 0.25) is 0 Å². The highest BCUT2D eigenvalue weighted by Gasteiger charge is 2.31. The van der Waals surface area contributed by atoms with Crippen LogP contribution in [0.5, 0.6) is 11.5 Å². The molecule has 3 rings (SSSR count). The first-order valence-electron chi connectivity index (χ1n) is 9.93. The number of aromatic hydroxyl groups is 1. The average molecular weight is 502 g/mol. The SMILES string of the molecule is COC(=O)C1CCN(C(=S)NN=C(C)c2csc(-c3ccc(OC(F)(F)F)cc3)c2O)CC1. The van der Waals surface area contributed by atoms with Crippen molar-refractivity contribution in [1.82, 2.24) is 10.3 Å². The zero-order valence-electron chi connectivity index (χ0n) is 17.8. The van der Waals surface area contributed by atoms with Crippen LogP contribution in [0.25, 0.3) is 10.4 Å². The number of rotatable bonds is 5. The van der Waals surface area contributed by atoms with E-state index in [1.165, 1.54) is 42.7 Å². The van der Waals surface area contributed by atoms with Gasteiger partial charge in [-0.1, -0.05) is 0 Å². The van der Waals surface area contributed by atoms with Gasteiger partial charge in [-0.15, -0.1) is 24.5 Å². The van der Waals surface area contributed by atoms with Crippen molar-refractivity contribution in [1.29, 1.82) is 0 Å². The quantitative estimate of drug-likeness (QED) is 0.270. The van der Waals surface area contributed by atoms with E-state index in [4.69, 9.17) is 17.0 Å². The van der Waals surface area contributed by atoms with Crippen LogP contribution in [-0.2, 0) is 9.53 Å². The number of carbonyl (C=O) groups excluding carboxylic acids is 1. The van der Waals surface area contributed by atoms with Crippen molar-refractivity contribution < 1.29 is 32.5 Å². The second kappa shape index (κ2) is 10.4. The Kier molecular flexibility index (Phi) is 7.80. The van der Waals surface area contributed by atoms with Crippen LogP contribution in [0.15, 0.2) is 34.7 Å². The van der Waals surface area contributed by atoms with Gasteiger partial charge in [0.1, 0.15) is 11.5 Å². The predicted octanol–water partition coefficient (Wildman–Crippen LogP) is 4.50. The molecule has 7 nitrogen and oxygen atoms in total. The average Bonchev–Trinajstić information content (AvgIpc) is 3.17. The van der Waals surface area contributed by atoms with Crippen LogP contribution < -0.4 is 10.2 Å². The first-order chi connectivity index (χ1) is 15.6. The zero-order chi connectivity index (χ0) is 24.2. The summed E-state index contributed by atoms with van der Waals surface area (Å²) >= 11 is 6.61. The number of thiophene rings is 1. The Hall–Kier alpha value is -2.86. The topological polar surface area (TPSA) is 83.4 Å². The zero-order valence-corrected chi connectivity index (χ0v) is 19.4. The van der Waals surface area contributed by atoms with E-state index in [2.05, 4.69) is 15.3 Å². The van der Waals surface area contributed by atoms with Gasteiger partial charge in [-0.25, -0.2) is 0 Å². The van der Waals surface area contributed by atoms with Crippen LogP contribution in [0.4, 0.5) is 13.2 Å². The molecule has 0 aliphatic carbocycles. The third kappa shape index (κ3) is 6.35. The Morgan fingerprint density at radius 3 is 2.48 bits per heavy atom. The van der Waals surface area contributed by atoms with Crippen LogP contribution >= 0.6 is 23.6 Å². The molecule has 1 fully saturated rings. The summed E-state index contributed by atoms with van der Waals surface area (Å²) in [6.07, 6.45) is -3.49. The van der Waals surface area contributed by atoms with E-state index in [0.717, 1.165) is 0 Å². The summed E-state index contributed by atoms with van der Waals surface area (Å²) in [7, 11) is 1.38. The fourth-order valence-corrected chi connectivity index (χ4v) is 4.61. The number of ether oxygens (including phenoxy) is 2. The normalized spacial score (nSPS) is 15.3. The van der Waals surface area contributed by atoms with E-state index < -0.39 is 6.36 Å². The number of nitrogens with zero attached hydrogens (tertiary/aromatic N) is 2. The van der Waals surface area contributed by atoms with Crippen LogP contribution in [-0.4, -0.2) is 53.4 Å². The highest BCUT2D eigenvalue weighted by atomic mass is 32.1. The van der Waals surface area contributed by atoms with Crippen molar-refractivity contribution in [2.45, 2.75) is 26.1 Å². The number of hydrazone groups is 1. The molecule has 1 aromatic heterocycles. The number of thiocarbonyl (C=S) groups is 1. The highest BCUT2D eigenvalue weighted by molar-refractivity contribution is 7.80. The van der Waals surface area contributed by atoms with Gasteiger partial charge in [-0.3, -0.25) is 10.2 Å². The number of piperidine rings is 1. The summed E-state index contributed by atoms with van der Waals surface area (Å²) in [5.74, 6) is -0.714. The maximum atomic E-state index is 12.3. The number of methoxy groups -OCH3 is 1. The molecule has 12 heteroatoms. The number of carbonyl (C=O) groups is 1. The summed E-state index contributed by atoms with van der Waals surface area (Å²) in [6, 6.07) is 5.25. The fourth-order valence-electron chi connectivity index (χ4n) is 3.37. The first kappa shape index (κ1) is 24.8. The van der Waals surface area contributed by atoms with E-state index in [0.29, 0.717) is 52.8 Å². The maximum absolute atomic E-state index is 12.3. The Bertz CT molecular complexity index is 1030. The van der Waals surface area contributed by atoms with Crippen molar-refractivity contribution >= 4 is 40.3 Å². The largest absolute Gasteiger partial charge is 0.573 e. The molecule has 178 valence electrons. The summed E-state index contributed by atoms with van der Waals surface area (Å²) in [5, 5.41) is 17.0. The van der Waals surface area contributed by atoms with Gasteiger partial charge in [0.25, 0.3) is 0 Å². The lowest BCUT2D eigenvalue weighted by Gasteiger charge is -2.31. The molecule has 0 unspecified atom stereocenters.